The fourth-order valence-electron chi connectivity index (χ4n) is 1.45. The molecular weight excluding hydrogens is 230 g/mol. The van der Waals surface area contributed by atoms with Crippen molar-refractivity contribution in [2.45, 2.75) is 26.3 Å². The second-order valence-electron chi connectivity index (χ2n) is 4.03. The van der Waals surface area contributed by atoms with Crippen LogP contribution >= 0.6 is 0 Å². The first-order chi connectivity index (χ1) is 8.60. The van der Waals surface area contributed by atoms with Gasteiger partial charge in [0.15, 0.2) is 0 Å². The maximum atomic E-state index is 11.7. The average Bonchev–Trinajstić information content (AvgIpc) is 2.38. The molecule has 0 aliphatic heterocycles. The summed E-state index contributed by atoms with van der Waals surface area (Å²) >= 11 is 0. The van der Waals surface area contributed by atoms with Crippen LogP contribution in [-0.4, -0.2) is 23.8 Å². The molecule has 0 fully saturated rings. The number of nitriles is 1. The van der Waals surface area contributed by atoms with Gasteiger partial charge in [-0.2, -0.15) is 5.26 Å². The molecule has 1 aromatic carbocycles. The summed E-state index contributed by atoms with van der Waals surface area (Å²) in [5.41, 5.74) is 1.96. The topological polar surface area (TPSA) is 85.2 Å². The van der Waals surface area contributed by atoms with Crippen LogP contribution in [0.1, 0.15) is 24.5 Å². The zero-order valence-corrected chi connectivity index (χ0v) is 10.5. The fraction of sp³-hybridized carbons (Fsp3) is 0.385. The molecule has 1 aromatic rings. The lowest BCUT2D eigenvalue weighted by Gasteiger charge is -2.15. The molecule has 0 aliphatic carbocycles. The van der Waals surface area contributed by atoms with E-state index in [1.807, 2.05) is 19.9 Å². The Bertz CT molecular complexity index is 462. The summed E-state index contributed by atoms with van der Waals surface area (Å²) in [5, 5.41) is 23.1. The van der Waals surface area contributed by atoms with Crippen molar-refractivity contribution >= 4 is 11.7 Å². The number of aliphatic hydroxyl groups is 1. The van der Waals surface area contributed by atoms with Gasteiger partial charge in [0, 0.05) is 5.69 Å². The molecule has 5 heteroatoms. The standard InChI is InChI=1S/C13H17N3O2/c1-3-11(8-17)15-13(18)16-12-6-10(7-14)5-4-9(12)2/h4-6,11,17H,3,8H2,1-2H3,(H2,15,16,18). The molecule has 0 aromatic heterocycles. The van der Waals surface area contributed by atoms with Gasteiger partial charge >= 0.3 is 6.03 Å². The van der Waals surface area contributed by atoms with Gasteiger partial charge < -0.3 is 15.7 Å². The number of benzene rings is 1. The summed E-state index contributed by atoms with van der Waals surface area (Å²) in [7, 11) is 0. The first kappa shape index (κ1) is 14.0. The summed E-state index contributed by atoms with van der Waals surface area (Å²) in [4.78, 5) is 11.7. The molecule has 0 aliphatic rings. The van der Waals surface area contributed by atoms with Gasteiger partial charge in [-0.3, -0.25) is 0 Å². The number of carbonyl (C=O) groups excluding carboxylic acids is 1. The van der Waals surface area contributed by atoms with Crippen LogP contribution in [0.5, 0.6) is 0 Å². The highest BCUT2D eigenvalue weighted by atomic mass is 16.3. The molecule has 0 saturated carbocycles. The van der Waals surface area contributed by atoms with E-state index in [4.69, 9.17) is 10.4 Å². The molecule has 18 heavy (non-hydrogen) atoms. The van der Waals surface area contributed by atoms with Crippen molar-refractivity contribution < 1.29 is 9.90 Å². The molecule has 1 atom stereocenters. The molecule has 0 bridgehead atoms. The van der Waals surface area contributed by atoms with Gasteiger partial charge in [-0.05, 0) is 31.0 Å². The number of amides is 2. The van der Waals surface area contributed by atoms with Crippen molar-refractivity contribution in [3.8, 4) is 6.07 Å². The lowest BCUT2D eigenvalue weighted by Crippen LogP contribution is -2.39. The van der Waals surface area contributed by atoms with Crippen LogP contribution < -0.4 is 10.6 Å². The van der Waals surface area contributed by atoms with Crippen LogP contribution in [0.3, 0.4) is 0 Å². The van der Waals surface area contributed by atoms with Crippen molar-refractivity contribution in [1.82, 2.24) is 5.32 Å². The Balaban J connectivity index is 2.73. The predicted molar refractivity (Wildman–Crippen MR) is 69.2 cm³/mol. The third-order valence-corrected chi connectivity index (χ3v) is 2.66. The molecule has 5 nitrogen and oxygen atoms in total. The Kier molecular flexibility index (Phi) is 5.15. The quantitative estimate of drug-likeness (QED) is 0.757. The molecule has 96 valence electrons. The molecule has 0 heterocycles. The smallest absolute Gasteiger partial charge is 0.319 e. The number of aliphatic hydroxyl groups excluding tert-OH is 1. The van der Waals surface area contributed by atoms with E-state index in [2.05, 4.69) is 10.6 Å². The predicted octanol–water partition coefficient (Wildman–Crippen LogP) is 1.76. The lowest BCUT2D eigenvalue weighted by atomic mass is 10.1. The largest absolute Gasteiger partial charge is 0.394 e. The van der Waals surface area contributed by atoms with Crippen LogP contribution in [0.25, 0.3) is 0 Å². The molecule has 0 spiro atoms. The Morgan fingerprint density at radius 2 is 2.28 bits per heavy atom. The molecule has 3 N–H and O–H groups in total. The molecule has 1 unspecified atom stereocenters. The fourth-order valence-corrected chi connectivity index (χ4v) is 1.45. The van der Waals surface area contributed by atoms with E-state index in [1.165, 1.54) is 0 Å². The van der Waals surface area contributed by atoms with Gasteiger partial charge in [-0.1, -0.05) is 13.0 Å². The van der Waals surface area contributed by atoms with Crippen LogP contribution in [-0.2, 0) is 0 Å². The Morgan fingerprint density at radius 1 is 1.56 bits per heavy atom. The highest BCUT2D eigenvalue weighted by molar-refractivity contribution is 5.90. The van der Waals surface area contributed by atoms with Crippen LogP contribution in [0.2, 0.25) is 0 Å². The van der Waals surface area contributed by atoms with Gasteiger partial charge in [0.2, 0.25) is 0 Å². The molecule has 2 amide bonds. The van der Waals surface area contributed by atoms with Gasteiger partial charge in [0.25, 0.3) is 0 Å². The van der Waals surface area contributed by atoms with E-state index < -0.39 is 0 Å². The summed E-state index contributed by atoms with van der Waals surface area (Å²) in [6, 6.07) is 6.47. The van der Waals surface area contributed by atoms with Crippen molar-refractivity contribution in [1.29, 1.82) is 5.26 Å². The lowest BCUT2D eigenvalue weighted by molar-refractivity contribution is 0.222. The van der Waals surface area contributed by atoms with E-state index >= 15 is 0 Å². The highest BCUT2D eigenvalue weighted by Crippen LogP contribution is 2.16. The molecular formula is C13H17N3O2. The van der Waals surface area contributed by atoms with Gasteiger partial charge in [0.05, 0.1) is 24.3 Å². The zero-order valence-electron chi connectivity index (χ0n) is 10.5. The number of nitrogens with zero attached hydrogens (tertiary/aromatic N) is 1. The maximum absolute atomic E-state index is 11.7. The van der Waals surface area contributed by atoms with E-state index in [9.17, 15) is 4.79 Å². The second kappa shape index (κ2) is 6.62. The number of hydrogen-bond donors (Lipinski definition) is 3. The molecule has 0 saturated heterocycles. The first-order valence-electron chi connectivity index (χ1n) is 5.79. The Morgan fingerprint density at radius 3 is 2.83 bits per heavy atom. The third kappa shape index (κ3) is 3.75. The van der Waals surface area contributed by atoms with E-state index in [0.29, 0.717) is 17.7 Å². The SMILES string of the molecule is CCC(CO)NC(=O)Nc1cc(C#N)ccc1C. The van der Waals surface area contributed by atoms with E-state index in [1.54, 1.807) is 18.2 Å². The monoisotopic (exact) mass is 247 g/mol. The zero-order chi connectivity index (χ0) is 13.5. The minimum Gasteiger partial charge on any atom is -0.394 e. The van der Waals surface area contributed by atoms with Crippen LogP contribution in [0.15, 0.2) is 18.2 Å². The number of nitrogens with one attached hydrogen (secondary N) is 2. The minimum absolute atomic E-state index is 0.0961. The molecule has 1 rings (SSSR count). The number of urea groups is 1. The summed E-state index contributed by atoms with van der Waals surface area (Å²) < 4.78 is 0. The van der Waals surface area contributed by atoms with Gasteiger partial charge in [-0.25, -0.2) is 4.79 Å². The van der Waals surface area contributed by atoms with Gasteiger partial charge in [0.1, 0.15) is 0 Å². The van der Waals surface area contributed by atoms with Gasteiger partial charge in [-0.15, -0.1) is 0 Å². The number of anilines is 1. The summed E-state index contributed by atoms with van der Waals surface area (Å²) in [6.07, 6.45) is 0.654. The Hall–Kier alpha value is -2.06. The minimum atomic E-state index is -0.380. The number of carbonyl (C=O) groups is 1. The normalized spacial score (nSPS) is 11.4. The highest BCUT2D eigenvalue weighted by Gasteiger charge is 2.10. The van der Waals surface area contributed by atoms with E-state index in [0.717, 1.165) is 5.56 Å². The van der Waals surface area contributed by atoms with Crippen molar-refractivity contribution in [2.75, 3.05) is 11.9 Å². The van der Waals surface area contributed by atoms with Crippen molar-refractivity contribution in [2.24, 2.45) is 0 Å². The van der Waals surface area contributed by atoms with Crippen molar-refractivity contribution in [3.05, 3.63) is 29.3 Å². The molecule has 0 radical (unpaired) electrons. The number of rotatable bonds is 4. The summed E-state index contributed by atoms with van der Waals surface area (Å²) in [6.45, 7) is 3.63. The van der Waals surface area contributed by atoms with Crippen LogP contribution in [0, 0.1) is 18.3 Å². The number of aryl methyl sites for hydroxylation is 1. The van der Waals surface area contributed by atoms with Crippen LogP contribution in [0.4, 0.5) is 10.5 Å². The van der Waals surface area contributed by atoms with Crippen molar-refractivity contribution in [3.63, 3.8) is 0 Å². The first-order valence-corrected chi connectivity index (χ1v) is 5.79. The third-order valence-electron chi connectivity index (χ3n) is 2.66. The van der Waals surface area contributed by atoms with E-state index in [-0.39, 0.29) is 18.7 Å². The Labute approximate surface area is 106 Å². The number of hydrogen-bond acceptors (Lipinski definition) is 3. The summed E-state index contributed by atoms with van der Waals surface area (Å²) in [5.74, 6) is 0. The maximum Gasteiger partial charge on any atom is 0.319 e. The second-order valence-corrected chi connectivity index (χ2v) is 4.03. The average molecular weight is 247 g/mol.